The summed E-state index contributed by atoms with van der Waals surface area (Å²) in [5.74, 6) is -1.51. The highest BCUT2D eigenvalue weighted by Crippen LogP contribution is 2.18. The average Bonchev–Trinajstić information content (AvgIpc) is 2.77. The number of amides is 4. The smallest absolute Gasteiger partial charge is 0.326 e. The summed E-state index contributed by atoms with van der Waals surface area (Å²) < 4.78 is 10.5. The molecule has 1 atom stereocenters. The highest BCUT2D eigenvalue weighted by Gasteiger charge is 2.26. The van der Waals surface area contributed by atoms with Crippen LogP contribution in [0.25, 0.3) is 0 Å². The molecule has 0 saturated heterocycles. The summed E-state index contributed by atoms with van der Waals surface area (Å²) in [7, 11) is 1.35. The van der Waals surface area contributed by atoms with Crippen LogP contribution in [0.15, 0.2) is 54.6 Å². The first-order valence-corrected chi connectivity index (χ1v) is 9.22. The monoisotopic (exact) mass is 413 g/mol. The molecule has 2 rings (SSSR count). The Balaban J connectivity index is 1.98. The average molecular weight is 413 g/mol. The minimum atomic E-state index is -1.35. The first-order chi connectivity index (χ1) is 14.4. The third-order valence-corrected chi connectivity index (χ3v) is 3.87. The van der Waals surface area contributed by atoms with Crippen LogP contribution in [0.5, 0.6) is 5.75 Å². The minimum Gasteiger partial charge on any atom is -0.494 e. The van der Waals surface area contributed by atoms with Crippen LogP contribution in [0.2, 0.25) is 0 Å². The molecule has 0 radical (unpaired) electrons. The fraction of sp³-hybridized carbons (Fsp3) is 0.238. The van der Waals surface area contributed by atoms with Crippen LogP contribution in [-0.4, -0.2) is 44.0 Å². The molecule has 30 heavy (non-hydrogen) atoms. The van der Waals surface area contributed by atoms with Gasteiger partial charge in [0.05, 0.1) is 6.61 Å². The van der Waals surface area contributed by atoms with Crippen molar-refractivity contribution in [2.45, 2.75) is 13.0 Å². The Morgan fingerprint density at radius 1 is 0.967 bits per heavy atom. The van der Waals surface area contributed by atoms with Gasteiger partial charge in [-0.3, -0.25) is 19.7 Å². The first-order valence-electron chi connectivity index (χ1n) is 9.22. The van der Waals surface area contributed by atoms with E-state index in [1.54, 1.807) is 54.6 Å². The Hall–Kier alpha value is -3.88. The number of urea groups is 1. The van der Waals surface area contributed by atoms with Crippen molar-refractivity contribution in [2.75, 3.05) is 20.2 Å². The van der Waals surface area contributed by atoms with E-state index in [1.807, 2.05) is 6.92 Å². The number of hydrogen-bond donors (Lipinski definition) is 3. The van der Waals surface area contributed by atoms with E-state index in [-0.39, 0.29) is 0 Å². The number of nitrogens with one attached hydrogen (secondary N) is 3. The van der Waals surface area contributed by atoms with Gasteiger partial charge >= 0.3 is 12.0 Å². The van der Waals surface area contributed by atoms with Gasteiger partial charge in [-0.15, -0.1) is 0 Å². The molecule has 0 aliphatic heterocycles. The van der Waals surface area contributed by atoms with Crippen molar-refractivity contribution >= 4 is 23.8 Å². The molecule has 0 bridgehead atoms. The second-order valence-corrected chi connectivity index (χ2v) is 5.99. The molecule has 0 aliphatic rings. The van der Waals surface area contributed by atoms with Gasteiger partial charge < -0.3 is 20.1 Å². The van der Waals surface area contributed by atoms with E-state index in [0.717, 1.165) is 0 Å². The summed E-state index contributed by atoms with van der Waals surface area (Å²) in [5, 5.41) is 6.76. The summed E-state index contributed by atoms with van der Waals surface area (Å²) in [4.78, 5) is 48.2. The second-order valence-electron chi connectivity index (χ2n) is 5.99. The van der Waals surface area contributed by atoms with Crippen molar-refractivity contribution in [1.29, 1.82) is 0 Å². The quantitative estimate of drug-likeness (QED) is 0.565. The van der Waals surface area contributed by atoms with E-state index < -0.39 is 36.5 Å². The molecule has 0 fully saturated rings. The molecule has 0 aliphatic carbocycles. The lowest BCUT2D eigenvalue weighted by Gasteiger charge is -2.17. The predicted octanol–water partition coefficient (Wildman–Crippen LogP) is 1.56. The normalized spacial score (nSPS) is 11.0. The van der Waals surface area contributed by atoms with E-state index >= 15 is 0 Å². The van der Waals surface area contributed by atoms with Gasteiger partial charge in [0.25, 0.3) is 11.8 Å². The fourth-order valence-corrected chi connectivity index (χ4v) is 2.44. The van der Waals surface area contributed by atoms with Crippen LogP contribution in [0.4, 0.5) is 4.79 Å². The molecule has 9 nitrogen and oxygen atoms in total. The number of rotatable bonds is 8. The maximum atomic E-state index is 12.3. The molecule has 2 aromatic carbocycles. The van der Waals surface area contributed by atoms with Crippen LogP contribution in [0.3, 0.4) is 0 Å². The Bertz CT molecular complexity index is 883. The van der Waals surface area contributed by atoms with Gasteiger partial charge in [-0.25, -0.2) is 4.79 Å². The molecule has 2 aromatic rings. The summed E-state index contributed by atoms with van der Waals surface area (Å²) in [6.45, 7) is 1.90. The summed E-state index contributed by atoms with van der Waals surface area (Å²) in [6, 6.07) is 13.9. The topological polar surface area (TPSA) is 123 Å². The van der Waals surface area contributed by atoms with Crippen molar-refractivity contribution in [3.63, 3.8) is 0 Å². The maximum Gasteiger partial charge on any atom is 0.326 e. The minimum absolute atomic E-state index is 0.336. The van der Waals surface area contributed by atoms with Crippen LogP contribution in [-0.2, 0) is 14.3 Å². The molecule has 0 unspecified atom stereocenters. The zero-order chi connectivity index (χ0) is 21.9. The van der Waals surface area contributed by atoms with Gasteiger partial charge in [0.15, 0.2) is 0 Å². The molecule has 9 heteroatoms. The maximum absolute atomic E-state index is 12.3. The number of imide groups is 1. The van der Waals surface area contributed by atoms with Gasteiger partial charge in [-0.05, 0) is 31.2 Å². The molecular formula is C21H23N3O6. The summed E-state index contributed by atoms with van der Waals surface area (Å²) in [5.41, 5.74) is 0.716. The first kappa shape index (κ1) is 22.4. The highest BCUT2D eigenvalue weighted by atomic mass is 16.5. The summed E-state index contributed by atoms with van der Waals surface area (Å²) in [6.07, 6.45) is -1.35. The van der Waals surface area contributed by atoms with Crippen LogP contribution < -0.4 is 20.7 Å². The van der Waals surface area contributed by atoms with E-state index in [1.165, 1.54) is 7.05 Å². The van der Waals surface area contributed by atoms with Crippen molar-refractivity contribution in [1.82, 2.24) is 16.0 Å². The third-order valence-electron chi connectivity index (χ3n) is 3.87. The Kier molecular flexibility index (Phi) is 8.37. The molecule has 4 amide bonds. The second kappa shape index (κ2) is 11.2. The molecule has 0 aromatic heterocycles. The Morgan fingerprint density at radius 3 is 2.23 bits per heavy atom. The number of ether oxygens (including phenoxy) is 2. The standard InChI is InChI=1S/C21H23N3O6/c1-3-29-16-11-9-15(10-12-16)19(26)23-13-17(25)30-18(14-7-5-4-6-8-14)20(27)24-21(28)22-2/h4-12,18H,3,13H2,1-2H3,(H,23,26)(H2,22,24,27,28)/t18-/m1/s1. The van der Waals surface area contributed by atoms with E-state index in [2.05, 4.69) is 16.0 Å². The van der Waals surface area contributed by atoms with Gasteiger partial charge in [-0.1, -0.05) is 30.3 Å². The number of hydrogen-bond acceptors (Lipinski definition) is 6. The van der Waals surface area contributed by atoms with Crippen molar-refractivity contribution < 1.29 is 28.7 Å². The molecule has 0 heterocycles. The molecule has 0 spiro atoms. The molecular weight excluding hydrogens is 390 g/mol. The number of benzene rings is 2. The van der Waals surface area contributed by atoms with Crippen molar-refractivity contribution in [3.8, 4) is 5.75 Å². The number of carbonyl (C=O) groups excluding carboxylic acids is 4. The van der Waals surface area contributed by atoms with Crippen LogP contribution in [0, 0.1) is 0 Å². The largest absolute Gasteiger partial charge is 0.494 e. The molecule has 3 N–H and O–H groups in total. The van der Waals surface area contributed by atoms with Gasteiger partial charge in [0.2, 0.25) is 6.10 Å². The Morgan fingerprint density at radius 2 is 1.63 bits per heavy atom. The molecule has 158 valence electrons. The van der Waals surface area contributed by atoms with Gasteiger partial charge in [0.1, 0.15) is 12.3 Å². The van der Waals surface area contributed by atoms with E-state index in [9.17, 15) is 19.2 Å². The lowest BCUT2D eigenvalue weighted by Crippen LogP contribution is -2.42. The SMILES string of the molecule is CCOc1ccc(C(=O)NCC(=O)O[C@@H](C(=O)NC(=O)NC)c2ccccc2)cc1. The Labute approximate surface area is 173 Å². The lowest BCUT2D eigenvalue weighted by molar-refractivity contribution is -0.155. The van der Waals surface area contributed by atoms with Gasteiger partial charge in [-0.2, -0.15) is 0 Å². The summed E-state index contributed by atoms with van der Waals surface area (Å²) >= 11 is 0. The zero-order valence-corrected chi connectivity index (χ0v) is 16.6. The van der Waals surface area contributed by atoms with E-state index in [4.69, 9.17) is 9.47 Å². The van der Waals surface area contributed by atoms with Crippen molar-refractivity contribution in [2.24, 2.45) is 0 Å². The van der Waals surface area contributed by atoms with E-state index in [0.29, 0.717) is 23.5 Å². The third kappa shape index (κ3) is 6.62. The number of carbonyl (C=O) groups is 4. The predicted molar refractivity (Wildman–Crippen MR) is 108 cm³/mol. The fourth-order valence-electron chi connectivity index (χ4n) is 2.44. The van der Waals surface area contributed by atoms with Gasteiger partial charge in [0, 0.05) is 18.2 Å². The lowest BCUT2D eigenvalue weighted by atomic mass is 10.1. The van der Waals surface area contributed by atoms with Crippen LogP contribution in [0.1, 0.15) is 28.9 Å². The highest BCUT2D eigenvalue weighted by molar-refractivity contribution is 5.98. The number of esters is 1. The van der Waals surface area contributed by atoms with Crippen molar-refractivity contribution in [3.05, 3.63) is 65.7 Å². The zero-order valence-electron chi connectivity index (χ0n) is 16.6. The van der Waals surface area contributed by atoms with Crippen LogP contribution >= 0.6 is 0 Å². The molecule has 0 saturated carbocycles.